The van der Waals surface area contributed by atoms with Crippen LogP contribution < -0.4 is 4.74 Å². The lowest BCUT2D eigenvalue weighted by Gasteiger charge is -2.45. The molecule has 158 valence electrons. The first-order valence-corrected chi connectivity index (χ1v) is 11.4. The molecule has 1 saturated carbocycles. The molecular weight excluding hydrogens is 346 g/mol. The highest BCUT2D eigenvalue weighted by molar-refractivity contribution is 5.70. The maximum absolute atomic E-state index is 13.0. The van der Waals surface area contributed by atoms with Crippen LogP contribution in [-0.2, 0) is 0 Å². The van der Waals surface area contributed by atoms with Gasteiger partial charge < -0.3 is 9.64 Å². The van der Waals surface area contributed by atoms with Crippen molar-refractivity contribution in [3.8, 4) is 5.75 Å². The predicted octanol–water partition coefficient (Wildman–Crippen LogP) is 7.45. The maximum Gasteiger partial charge on any atom is 0.415 e. The summed E-state index contributed by atoms with van der Waals surface area (Å²) < 4.78 is 5.70. The van der Waals surface area contributed by atoms with E-state index >= 15 is 0 Å². The molecule has 1 fully saturated rings. The summed E-state index contributed by atoms with van der Waals surface area (Å²) >= 11 is 0. The van der Waals surface area contributed by atoms with Gasteiger partial charge in [0.15, 0.2) is 0 Å². The van der Waals surface area contributed by atoms with E-state index in [1.165, 1.54) is 57.8 Å². The van der Waals surface area contributed by atoms with Crippen molar-refractivity contribution in [2.45, 2.75) is 91.9 Å². The number of hydrogen-bond donors (Lipinski definition) is 0. The lowest BCUT2D eigenvalue weighted by Crippen LogP contribution is -2.45. The molecule has 1 atom stereocenters. The fourth-order valence-corrected chi connectivity index (χ4v) is 4.89. The Labute approximate surface area is 172 Å². The zero-order chi connectivity index (χ0) is 20.5. The summed E-state index contributed by atoms with van der Waals surface area (Å²) in [4.78, 5) is 14.9. The average molecular weight is 388 g/mol. The number of amides is 1. The number of ether oxygens (including phenoxy) is 1. The molecule has 0 bridgehead atoms. The van der Waals surface area contributed by atoms with Crippen molar-refractivity contribution in [2.75, 3.05) is 13.1 Å². The summed E-state index contributed by atoms with van der Waals surface area (Å²) in [5.41, 5.74) is 0.543. The monoisotopic (exact) mass is 387 g/mol. The molecule has 0 N–H and O–H groups in total. The van der Waals surface area contributed by atoms with E-state index in [2.05, 4.69) is 27.7 Å². The first-order chi connectivity index (χ1) is 13.3. The van der Waals surface area contributed by atoms with Crippen molar-refractivity contribution in [1.82, 2.24) is 4.90 Å². The van der Waals surface area contributed by atoms with Gasteiger partial charge >= 0.3 is 6.09 Å². The first-order valence-electron chi connectivity index (χ1n) is 11.4. The van der Waals surface area contributed by atoms with Crippen LogP contribution in [0.25, 0.3) is 0 Å². The van der Waals surface area contributed by atoms with Gasteiger partial charge in [0.25, 0.3) is 0 Å². The van der Waals surface area contributed by atoms with Crippen LogP contribution in [0.1, 0.15) is 91.9 Å². The number of para-hydroxylation sites is 1. The van der Waals surface area contributed by atoms with Gasteiger partial charge in [-0.05, 0) is 48.6 Å². The highest BCUT2D eigenvalue weighted by Crippen LogP contribution is 2.46. The molecule has 1 aliphatic carbocycles. The van der Waals surface area contributed by atoms with Crippen LogP contribution in [0, 0.1) is 10.8 Å². The van der Waals surface area contributed by atoms with Crippen LogP contribution in [0.5, 0.6) is 5.75 Å². The molecule has 3 nitrogen and oxygen atoms in total. The van der Waals surface area contributed by atoms with Crippen LogP contribution in [0.4, 0.5) is 4.79 Å². The highest BCUT2D eigenvalue weighted by atomic mass is 16.6. The van der Waals surface area contributed by atoms with Crippen molar-refractivity contribution in [3.63, 3.8) is 0 Å². The maximum atomic E-state index is 13.0. The Morgan fingerprint density at radius 1 is 1.00 bits per heavy atom. The van der Waals surface area contributed by atoms with Crippen molar-refractivity contribution < 1.29 is 9.53 Å². The van der Waals surface area contributed by atoms with Gasteiger partial charge in [0.2, 0.25) is 0 Å². The third-order valence-corrected chi connectivity index (χ3v) is 6.10. The van der Waals surface area contributed by atoms with Crippen LogP contribution in [0.2, 0.25) is 0 Å². The standard InChI is InChI=1S/C25H41NO2/c1-5-6-7-8-9-13-19-26(23(27)28-22-15-11-10-12-16-22)21-25(4)18-14-17-24(2,3)20-25/h10-12,15-16H,5-9,13-14,17-21H2,1-4H3. The summed E-state index contributed by atoms with van der Waals surface area (Å²) in [6.07, 6.45) is 12.1. The molecule has 1 unspecified atom stereocenters. The third kappa shape index (κ3) is 7.85. The molecule has 2 rings (SSSR count). The summed E-state index contributed by atoms with van der Waals surface area (Å²) in [5.74, 6) is 0.634. The minimum absolute atomic E-state index is 0.180. The Hall–Kier alpha value is -1.51. The van der Waals surface area contributed by atoms with Gasteiger partial charge in [-0.25, -0.2) is 4.79 Å². The number of carbonyl (C=O) groups excluding carboxylic acids is 1. The Morgan fingerprint density at radius 3 is 2.36 bits per heavy atom. The van der Waals surface area contributed by atoms with Crippen molar-refractivity contribution in [3.05, 3.63) is 30.3 Å². The Morgan fingerprint density at radius 2 is 1.68 bits per heavy atom. The van der Waals surface area contributed by atoms with E-state index in [1.807, 2.05) is 35.2 Å². The lowest BCUT2D eigenvalue weighted by atomic mass is 9.64. The molecule has 3 heteroatoms. The summed E-state index contributed by atoms with van der Waals surface area (Å²) in [5, 5.41) is 0. The largest absolute Gasteiger partial charge is 0.415 e. The predicted molar refractivity (Wildman–Crippen MR) is 118 cm³/mol. The van der Waals surface area contributed by atoms with Crippen molar-refractivity contribution in [2.24, 2.45) is 10.8 Å². The molecular formula is C25H41NO2. The zero-order valence-electron chi connectivity index (χ0n) is 18.6. The van der Waals surface area contributed by atoms with Crippen molar-refractivity contribution in [1.29, 1.82) is 0 Å². The normalized spacial score (nSPS) is 21.3. The number of nitrogens with zero attached hydrogens (tertiary/aromatic N) is 1. The second-order valence-corrected chi connectivity index (χ2v) is 9.88. The van der Waals surface area contributed by atoms with Gasteiger partial charge in [-0.15, -0.1) is 0 Å². The molecule has 0 radical (unpaired) electrons. The first kappa shape index (κ1) is 22.8. The van der Waals surface area contributed by atoms with Gasteiger partial charge in [-0.3, -0.25) is 0 Å². The quantitative estimate of drug-likeness (QED) is 0.390. The SMILES string of the molecule is CCCCCCCCN(CC1(C)CCCC(C)(C)C1)C(=O)Oc1ccccc1. The fourth-order valence-electron chi connectivity index (χ4n) is 4.89. The molecule has 0 heterocycles. The van der Waals surface area contributed by atoms with Gasteiger partial charge in [0.1, 0.15) is 5.75 Å². The summed E-state index contributed by atoms with van der Waals surface area (Å²) in [6.45, 7) is 10.9. The molecule has 1 aromatic carbocycles. The van der Waals surface area contributed by atoms with E-state index in [4.69, 9.17) is 4.74 Å². The van der Waals surface area contributed by atoms with E-state index in [-0.39, 0.29) is 11.5 Å². The van der Waals surface area contributed by atoms with Crippen LogP contribution >= 0.6 is 0 Å². The molecule has 0 aliphatic heterocycles. The Balaban J connectivity index is 1.97. The van der Waals surface area contributed by atoms with Gasteiger partial charge in [-0.1, -0.05) is 84.4 Å². The zero-order valence-corrected chi connectivity index (χ0v) is 18.6. The number of rotatable bonds is 10. The molecule has 28 heavy (non-hydrogen) atoms. The molecule has 0 saturated heterocycles. The highest BCUT2D eigenvalue weighted by Gasteiger charge is 2.38. The van der Waals surface area contributed by atoms with E-state index < -0.39 is 0 Å². The smallest absolute Gasteiger partial charge is 0.410 e. The van der Waals surface area contributed by atoms with Crippen molar-refractivity contribution >= 4 is 6.09 Å². The molecule has 0 spiro atoms. The minimum Gasteiger partial charge on any atom is -0.410 e. The van der Waals surface area contributed by atoms with Crippen LogP contribution in [0.15, 0.2) is 30.3 Å². The Bertz CT molecular complexity index is 583. The second kappa shape index (κ2) is 10.9. The molecule has 1 amide bonds. The van der Waals surface area contributed by atoms with Crippen LogP contribution in [0.3, 0.4) is 0 Å². The molecule has 1 aliphatic rings. The number of carbonyl (C=O) groups is 1. The van der Waals surface area contributed by atoms with E-state index in [1.54, 1.807) is 0 Å². The van der Waals surface area contributed by atoms with Crippen LogP contribution in [-0.4, -0.2) is 24.1 Å². The van der Waals surface area contributed by atoms with E-state index in [0.717, 1.165) is 19.5 Å². The summed E-state index contributed by atoms with van der Waals surface area (Å²) in [7, 11) is 0. The average Bonchev–Trinajstić information content (AvgIpc) is 2.63. The Kier molecular flexibility index (Phi) is 8.85. The molecule has 1 aromatic rings. The minimum atomic E-state index is -0.190. The van der Waals surface area contributed by atoms with Gasteiger partial charge in [-0.2, -0.15) is 0 Å². The fraction of sp³-hybridized carbons (Fsp3) is 0.720. The number of hydrogen-bond acceptors (Lipinski definition) is 2. The summed E-state index contributed by atoms with van der Waals surface area (Å²) in [6, 6.07) is 9.46. The third-order valence-electron chi connectivity index (χ3n) is 6.10. The second-order valence-electron chi connectivity index (χ2n) is 9.88. The number of benzene rings is 1. The molecule has 0 aromatic heterocycles. The van der Waals surface area contributed by atoms with Gasteiger partial charge in [0.05, 0.1) is 0 Å². The topological polar surface area (TPSA) is 29.5 Å². The number of unbranched alkanes of at least 4 members (excludes halogenated alkanes) is 5. The van der Waals surface area contributed by atoms with E-state index in [9.17, 15) is 4.79 Å². The lowest BCUT2D eigenvalue weighted by molar-refractivity contribution is 0.0569. The van der Waals surface area contributed by atoms with Gasteiger partial charge in [0, 0.05) is 13.1 Å². The van der Waals surface area contributed by atoms with E-state index in [0.29, 0.717) is 11.2 Å².